The fraction of sp³-hybridized carbons (Fsp3) is 0.111. The number of hydrogen-bond donors (Lipinski definition) is 0. The van der Waals surface area contributed by atoms with Crippen molar-refractivity contribution in [2.24, 2.45) is 7.05 Å². The highest BCUT2D eigenvalue weighted by Gasteiger charge is 2.13. The van der Waals surface area contributed by atoms with E-state index in [2.05, 4.69) is 5.10 Å². The van der Waals surface area contributed by atoms with Crippen LogP contribution in [0.1, 0.15) is 0 Å². The second-order valence-electron chi connectivity index (χ2n) is 3.11. The Balaban J connectivity index is 2.77. The van der Waals surface area contributed by atoms with Gasteiger partial charge in [-0.2, -0.15) is 0 Å². The summed E-state index contributed by atoms with van der Waals surface area (Å²) in [5.41, 5.74) is 0.0337. The molecule has 0 atom stereocenters. The fourth-order valence-electron chi connectivity index (χ4n) is 1.29. The summed E-state index contributed by atoms with van der Waals surface area (Å²) in [6.45, 7) is 0. The van der Waals surface area contributed by atoms with Gasteiger partial charge in [0, 0.05) is 12.1 Å². The van der Waals surface area contributed by atoms with Crippen molar-refractivity contribution in [2.75, 3.05) is 0 Å². The Kier molecular flexibility index (Phi) is 2.97. The molecule has 16 heavy (non-hydrogen) atoms. The van der Waals surface area contributed by atoms with E-state index in [1.54, 1.807) is 18.2 Å². The van der Waals surface area contributed by atoms with Crippen molar-refractivity contribution >= 4 is 34.8 Å². The van der Waals surface area contributed by atoms with Crippen LogP contribution in [-0.4, -0.2) is 14.3 Å². The lowest BCUT2D eigenvalue weighted by Crippen LogP contribution is -2.21. The van der Waals surface area contributed by atoms with Crippen molar-refractivity contribution in [1.29, 1.82) is 0 Å². The first kappa shape index (κ1) is 11.5. The van der Waals surface area contributed by atoms with Crippen molar-refractivity contribution in [2.45, 2.75) is 0 Å². The number of nitrogens with zero attached hydrogens (tertiary/aromatic N) is 3. The highest BCUT2D eigenvalue weighted by Crippen LogP contribution is 2.24. The molecule has 1 heterocycles. The van der Waals surface area contributed by atoms with Gasteiger partial charge in [-0.1, -0.05) is 23.2 Å². The van der Waals surface area contributed by atoms with Gasteiger partial charge in [-0.05, 0) is 29.8 Å². The summed E-state index contributed by atoms with van der Waals surface area (Å²) in [4.78, 5) is 11.7. The number of halogens is 3. The summed E-state index contributed by atoms with van der Waals surface area (Å²) in [7, 11) is 1.50. The van der Waals surface area contributed by atoms with E-state index in [0.717, 1.165) is 4.68 Å². The minimum Gasteiger partial charge on any atom is -0.246 e. The number of hydrogen-bond acceptors (Lipinski definition) is 2. The molecule has 84 valence electrons. The molecular formula is C9H6Cl3N3O. The normalized spacial score (nSPS) is 10.8. The highest BCUT2D eigenvalue weighted by atomic mass is 35.5. The monoisotopic (exact) mass is 277 g/mol. The summed E-state index contributed by atoms with van der Waals surface area (Å²) >= 11 is 17.6. The third-order valence-corrected chi connectivity index (χ3v) is 2.83. The molecule has 0 bridgehead atoms. The van der Waals surface area contributed by atoms with Crippen molar-refractivity contribution in [1.82, 2.24) is 14.3 Å². The molecule has 0 unspecified atom stereocenters. The second-order valence-corrected chi connectivity index (χ2v) is 4.29. The maximum absolute atomic E-state index is 11.7. The number of aryl methyl sites for hydroxylation is 1. The van der Waals surface area contributed by atoms with Crippen LogP contribution in [0.5, 0.6) is 0 Å². The van der Waals surface area contributed by atoms with Gasteiger partial charge in [0.1, 0.15) is 0 Å². The Morgan fingerprint density at radius 1 is 1.25 bits per heavy atom. The van der Waals surface area contributed by atoms with Gasteiger partial charge in [0.2, 0.25) is 5.28 Å². The highest BCUT2D eigenvalue weighted by molar-refractivity contribution is 6.34. The van der Waals surface area contributed by atoms with Gasteiger partial charge in [0.25, 0.3) is 0 Å². The molecule has 1 aromatic heterocycles. The summed E-state index contributed by atoms with van der Waals surface area (Å²) in [5, 5.41) is 4.67. The van der Waals surface area contributed by atoms with Crippen LogP contribution < -0.4 is 5.69 Å². The molecule has 0 N–H and O–H groups in total. The van der Waals surface area contributed by atoms with Crippen molar-refractivity contribution in [3.63, 3.8) is 0 Å². The molecular weight excluding hydrogens is 272 g/mol. The zero-order valence-electron chi connectivity index (χ0n) is 8.12. The molecule has 0 spiro atoms. The number of aromatic nitrogens is 3. The zero-order chi connectivity index (χ0) is 11.9. The molecule has 2 aromatic rings. The lowest BCUT2D eigenvalue weighted by Gasteiger charge is -2.04. The molecule has 0 aliphatic heterocycles. The minimum atomic E-state index is -0.380. The maximum Gasteiger partial charge on any atom is 0.351 e. The Labute approximate surface area is 106 Å². The van der Waals surface area contributed by atoms with Crippen molar-refractivity contribution in [3.8, 4) is 5.69 Å². The van der Waals surface area contributed by atoms with E-state index in [1.165, 1.54) is 11.6 Å². The number of benzene rings is 1. The van der Waals surface area contributed by atoms with Gasteiger partial charge in [-0.15, -0.1) is 5.10 Å². The lowest BCUT2D eigenvalue weighted by atomic mass is 10.3. The van der Waals surface area contributed by atoms with Crippen LogP contribution >= 0.6 is 34.8 Å². The molecule has 0 aliphatic rings. The maximum atomic E-state index is 11.7. The quantitative estimate of drug-likeness (QED) is 0.804. The molecule has 7 heteroatoms. The molecule has 4 nitrogen and oxygen atoms in total. The number of rotatable bonds is 1. The smallest absolute Gasteiger partial charge is 0.246 e. The van der Waals surface area contributed by atoms with E-state index in [0.29, 0.717) is 15.7 Å². The molecule has 0 aliphatic carbocycles. The first-order valence-electron chi connectivity index (χ1n) is 4.27. The van der Waals surface area contributed by atoms with E-state index < -0.39 is 0 Å². The van der Waals surface area contributed by atoms with Gasteiger partial charge < -0.3 is 0 Å². The lowest BCUT2D eigenvalue weighted by molar-refractivity contribution is 0.726. The van der Waals surface area contributed by atoms with Crippen LogP contribution in [0.3, 0.4) is 0 Å². The van der Waals surface area contributed by atoms with Gasteiger partial charge >= 0.3 is 5.69 Å². The molecule has 0 saturated heterocycles. The Bertz CT molecular complexity index is 603. The third kappa shape index (κ3) is 1.84. The molecule has 0 saturated carbocycles. The van der Waals surface area contributed by atoms with Gasteiger partial charge in [0.15, 0.2) is 0 Å². The summed E-state index contributed by atoms with van der Waals surface area (Å²) in [6.07, 6.45) is 0. The summed E-state index contributed by atoms with van der Waals surface area (Å²) in [6, 6.07) is 4.77. The molecule has 0 radical (unpaired) electrons. The van der Waals surface area contributed by atoms with Crippen LogP contribution in [0.2, 0.25) is 15.3 Å². The Morgan fingerprint density at radius 2 is 1.94 bits per heavy atom. The van der Waals surface area contributed by atoms with Crippen molar-refractivity contribution < 1.29 is 0 Å². The summed E-state index contributed by atoms with van der Waals surface area (Å²) < 4.78 is 2.31. The van der Waals surface area contributed by atoms with E-state index in [9.17, 15) is 4.79 Å². The van der Waals surface area contributed by atoms with Crippen LogP contribution in [-0.2, 0) is 7.05 Å². The largest absolute Gasteiger partial charge is 0.351 e. The second kappa shape index (κ2) is 4.13. The topological polar surface area (TPSA) is 39.8 Å². The average Bonchev–Trinajstić information content (AvgIpc) is 2.46. The third-order valence-electron chi connectivity index (χ3n) is 2.03. The standard InChI is InChI=1S/C9H6Cl3N3O/c1-14-9(16)15(8(12)13-14)7-4-5(10)2-3-6(7)11/h2-4H,1H3. The Hall–Kier alpha value is -0.970. The first-order valence-corrected chi connectivity index (χ1v) is 5.41. The van der Waals surface area contributed by atoms with Gasteiger partial charge in [-0.3, -0.25) is 0 Å². The first-order chi connectivity index (χ1) is 7.50. The SMILES string of the molecule is Cn1nc(Cl)n(-c2cc(Cl)ccc2Cl)c1=O. The van der Waals surface area contributed by atoms with E-state index in [1.807, 2.05) is 0 Å². The van der Waals surface area contributed by atoms with Gasteiger partial charge in [0.05, 0.1) is 10.7 Å². The van der Waals surface area contributed by atoms with E-state index in [-0.39, 0.29) is 11.0 Å². The fourth-order valence-corrected chi connectivity index (χ4v) is 1.94. The van der Waals surface area contributed by atoms with Crippen LogP contribution in [0.25, 0.3) is 5.69 Å². The predicted octanol–water partition coefficient (Wildman–Crippen LogP) is 2.53. The molecule has 2 rings (SSSR count). The predicted molar refractivity (Wildman–Crippen MR) is 63.8 cm³/mol. The summed E-state index contributed by atoms with van der Waals surface area (Å²) in [5.74, 6) is 0. The van der Waals surface area contributed by atoms with Crippen molar-refractivity contribution in [3.05, 3.63) is 44.0 Å². The van der Waals surface area contributed by atoms with Crippen LogP contribution in [0.15, 0.2) is 23.0 Å². The Morgan fingerprint density at radius 3 is 2.50 bits per heavy atom. The zero-order valence-corrected chi connectivity index (χ0v) is 10.4. The van der Waals surface area contributed by atoms with Crippen LogP contribution in [0.4, 0.5) is 0 Å². The minimum absolute atomic E-state index is 0.0386. The molecule has 0 fully saturated rings. The molecule has 0 amide bonds. The van der Waals surface area contributed by atoms with E-state index >= 15 is 0 Å². The van der Waals surface area contributed by atoms with Crippen LogP contribution in [0, 0.1) is 0 Å². The average molecular weight is 279 g/mol. The molecule has 1 aromatic carbocycles. The van der Waals surface area contributed by atoms with Gasteiger partial charge in [-0.25, -0.2) is 14.0 Å². The van der Waals surface area contributed by atoms with E-state index in [4.69, 9.17) is 34.8 Å².